The van der Waals surface area contributed by atoms with E-state index >= 15 is 0 Å². The number of aromatic nitrogens is 2. The minimum absolute atomic E-state index is 0.0974. The average molecular weight is 418 g/mol. The van der Waals surface area contributed by atoms with Gasteiger partial charge in [0.05, 0.1) is 11.0 Å². The van der Waals surface area contributed by atoms with Crippen molar-refractivity contribution in [3.8, 4) is 0 Å². The Morgan fingerprint density at radius 2 is 1.79 bits per heavy atom. The van der Waals surface area contributed by atoms with Crippen molar-refractivity contribution in [3.05, 3.63) is 46.6 Å². The maximum absolute atomic E-state index is 12.2. The van der Waals surface area contributed by atoms with Crippen molar-refractivity contribution in [1.82, 2.24) is 15.5 Å². The molecule has 1 heterocycles. The molecule has 1 amide bonds. The third-order valence-corrected chi connectivity index (χ3v) is 6.70. The normalized spacial score (nSPS) is 20.1. The molecule has 4 rings (SSSR count). The maximum atomic E-state index is 12.2. The van der Waals surface area contributed by atoms with Crippen LogP contribution in [0, 0.1) is 0 Å². The number of hydrogen-bond donors (Lipinski definition) is 2. The van der Waals surface area contributed by atoms with Crippen LogP contribution in [-0.2, 0) is 16.6 Å². The molecule has 156 valence electrons. The van der Waals surface area contributed by atoms with Crippen LogP contribution in [-0.4, -0.2) is 33.4 Å². The van der Waals surface area contributed by atoms with Gasteiger partial charge in [0, 0.05) is 24.4 Å². The fourth-order valence-electron chi connectivity index (χ4n) is 4.43. The monoisotopic (exact) mass is 417 g/mol. The number of rotatable bonds is 7. The lowest BCUT2D eigenvalue weighted by atomic mass is 9.64. The molecule has 0 saturated heterocycles. The summed E-state index contributed by atoms with van der Waals surface area (Å²) in [4.78, 5) is 12.2. The van der Waals surface area contributed by atoms with Gasteiger partial charge in [-0.15, -0.1) is 10.2 Å². The first-order chi connectivity index (χ1) is 14.0. The second-order valence-electron chi connectivity index (χ2n) is 8.51. The first-order valence-electron chi connectivity index (χ1n) is 10.6. The molecule has 2 aromatic rings. The molecule has 0 spiro atoms. The Balaban J connectivity index is 1.33. The average Bonchev–Trinajstić information content (AvgIpc) is 3.15. The van der Waals surface area contributed by atoms with Crippen molar-refractivity contribution >= 4 is 17.5 Å². The van der Waals surface area contributed by atoms with Gasteiger partial charge in [-0.1, -0.05) is 49.4 Å². The van der Waals surface area contributed by atoms with Crippen molar-refractivity contribution < 1.29 is 14.3 Å². The highest BCUT2D eigenvalue weighted by Crippen LogP contribution is 2.48. The standard InChI is InChI=1S/C22H28ClN3O3/c23-17-7-5-16(6-8-17)22(13-4-14-22)20-26-25-19(29-20)10-9-18(27)24-15-21(28)11-2-1-3-12-21/h5-8,28H,1-4,9-15H2,(H,24,27). The summed E-state index contributed by atoms with van der Waals surface area (Å²) in [5.41, 5.74) is 0.158. The van der Waals surface area contributed by atoms with Crippen LogP contribution in [0.5, 0.6) is 0 Å². The van der Waals surface area contributed by atoms with E-state index < -0.39 is 5.60 Å². The maximum Gasteiger partial charge on any atom is 0.227 e. The van der Waals surface area contributed by atoms with E-state index in [4.69, 9.17) is 16.0 Å². The van der Waals surface area contributed by atoms with E-state index in [2.05, 4.69) is 15.5 Å². The lowest BCUT2D eigenvalue weighted by Crippen LogP contribution is -2.44. The van der Waals surface area contributed by atoms with E-state index in [9.17, 15) is 9.90 Å². The van der Waals surface area contributed by atoms with Crippen molar-refractivity contribution in [3.63, 3.8) is 0 Å². The van der Waals surface area contributed by atoms with Crippen LogP contribution in [0.25, 0.3) is 0 Å². The second-order valence-corrected chi connectivity index (χ2v) is 8.94. The van der Waals surface area contributed by atoms with Gasteiger partial charge in [0.15, 0.2) is 0 Å². The Kier molecular flexibility index (Phi) is 5.93. The molecule has 0 unspecified atom stereocenters. The molecule has 2 N–H and O–H groups in total. The highest BCUT2D eigenvalue weighted by atomic mass is 35.5. The van der Waals surface area contributed by atoms with Crippen LogP contribution in [0.1, 0.15) is 75.1 Å². The minimum atomic E-state index is -0.749. The van der Waals surface area contributed by atoms with Gasteiger partial charge in [-0.25, -0.2) is 0 Å². The Bertz CT molecular complexity index is 839. The Morgan fingerprint density at radius 3 is 2.45 bits per heavy atom. The van der Waals surface area contributed by atoms with Crippen LogP contribution in [0.4, 0.5) is 0 Å². The zero-order chi connectivity index (χ0) is 20.3. The number of nitrogens with one attached hydrogen (secondary N) is 1. The van der Waals surface area contributed by atoms with E-state index in [1.165, 1.54) is 0 Å². The van der Waals surface area contributed by atoms with Gasteiger partial charge in [0.2, 0.25) is 17.7 Å². The van der Waals surface area contributed by atoms with Gasteiger partial charge < -0.3 is 14.8 Å². The molecular weight excluding hydrogens is 390 g/mol. The lowest BCUT2D eigenvalue weighted by Gasteiger charge is -2.39. The van der Waals surface area contributed by atoms with E-state index in [0.717, 1.165) is 56.9 Å². The van der Waals surface area contributed by atoms with Gasteiger partial charge in [-0.05, 0) is 43.4 Å². The SMILES string of the molecule is O=C(CCc1nnc(C2(c3ccc(Cl)cc3)CCC2)o1)NCC1(O)CCCCC1. The molecule has 29 heavy (non-hydrogen) atoms. The number of carbonyl (C=O) groups is 1. The van der Waals surface area contributed by atoms with E-state index in [1.807, 2.05) is 24.3 Å². The summed E-state index contributed by atoms with van der Waals surface area (Å²) in [7, 11) is 0. The number of aliphatic hydroxyl groups is 1. The molecule has 0 radical (unpaired) electrons. The zero-order valence-electron chi connectivity index (χ0n) is 16.6. The number of benzene rings is 1. The van der Waals surface area contributed by atoms with Crippen LogP contribution in [0.3, 0.4) is 0 Å². The largest absolute Gasteiger partial charge is 0.424 e. The summed E-state index contributed by atoms with van der Waals surface area (Å²) in [6, 6.07) is 7.82. The van der Waals surface area contributed by atoms with Gasteiger partial charge >= 0.3 is 0 Å². The Hall–Kier alpha value is -1.92. The van der Waals surface area contributed by atoms with Gasteiger partial charge in [-0.2, -0.15) is 0 Å². The summed E-state index contributed by atoms with van der Waals surface area (Å²) in [6.07, 6.45) is 8.43. The molecular formula is C22H28ClN3O3. The number of aryl methyl sites for hydroxylation is 1. The number of carbonyl (C=O) groups excluding carboxylic acids is 1. The summed E-state index contributed by atoms with van der Waals surface area (Å²) in [5, 5.41) is 22.5. The molecule has 0 aliphatic heterocycles. The smallest absolute Gasteiger partial charge is 0.227 e. The summed E-state index contributed by atoms with van der Waals surface area (Å²) in [6.45, 7) is 0.320. The molecule has 6 nitrogen and oxygen atoms in total. The summed E-state index contributed by atoms with van der Waals surface area (Å²) < 4.78 is 5.96. The Labute approximate surface area is 176 Å². The van der Waals surface area contributed by atoms with E-state index in [-0.39, 0.29) is 17.7 Å². The van der Waals surface area contributed by atoms with E-state index in [1.54, 1.807) is 0 Å². The molecule has 2 saturated carbocycles. The minimum Gasteiger partial charge on any atom is -0.424 e. The third kappa shape index (κ3) is 4.48. The van der Waals surface area contributed by atoms with Gasteiger partial charge in [-0.3, -0.25) is 4.79 Å². The lowest BCUT2D eigenvalue weighted by molar-refractivity contribution is -0.122. The molecule has 0 atom stereocenters. The predicted molar refractivity (Wildman–Crippen MR) is 110 cm³/mol. The highest BCUT2D eigenvalue weighted by Gasteiger charge is 2.45. The van der Waals surface area contributed by atoms with Crippen molar-refractivity contribution in [2.24, 2.45) is 0 Å². The molecule has 2 aliphatic carbocycles. The Morgan fingerprint density at radius 1 is 1.07 bits per heavy atom. The fraction of sp³-hybridized carbons (Fsp3) is 0.591. The summed E-state index contributed by atoms with van der Waals surface area (Å²) >= 11 is 6.02. The van der Waals surface area contributed by atoms with Gasteiger partial charge in [0.25, 0.3) is 0 Å². The first-order valence-corrected chi connectivity index (χ1v) is 10.9. The molecule has 7 heteroatoms. The number of halogens is 1. The second kappa shape index (κ2) is 8.44. The zero-order valence-corrected chi connectivity index (χ0v) is 17.4. The van der Waals surface area contributed by atoms with Crippen LogP contribution < -0.4 is 5.32 Å². The van der Waals surface area contributed by atoms with Crippen LogP contribution in [0.2, 0.25) is 5.02 Å². The predicted octanol–water partition coefficient (Wildman–Crippen LogP) is 3.94. The number of nitrogens with zero attached hydrogens (tertiary/aromatic N) is 2. The summed E-state index contributed by atoms with van der Waals surface area (Å²) in [5.74, 6) is 1.00. The molecule has 2 aliphatic rings. The van der Waals surface area contributed by atoms with Crippen molar-refractivity contribution in [2.75, 3.05) is 6.54 Å². The first kappa shape index (κ1) is 20.4. The third-order valence-electron chi connectivity index (χ3n) is 6.44. The fourth-order valence-corrected chi connectivity index (χ4v) is 4.56. The molecule has 1 aromatic carbocycles. The molecule has 2 fully saturated rings. The van der Waals surface area contributed by atoms with Crippen molar-refractivity contribution in [1.29, 1.82) is 0 Å². The van der Waals surface area contributed by atoms with Crippen molar-refractivity contribution in [2.45, 2.75) is 75.2 Å². The van der Waals surface area contributed by atoms with E-state index in [0.29, 0.717) is 29.8 Å². The number of amides is 1. The number of hydrogen-bond acceptors (Lipinski definition) is 5. The van der Waals surface area contributed by atoms with Crippen LogP contribution in [0.15, 0.2) is 28.7 Å². The highest BCUT2D eigenvalue weighted by molar-refractivity contribution is 6.30. The topological polar surface area (TPSA) is 88.2 Å². The molecule has 0 bridgehead atoms. The quantitative estimate of drug-likeness (QED) is 0.712. The van der Waals surface area contributed by atoms with Crippen LogP contribution >= 0.6 is 11.6 Å². The van der Waals surface area contributed by atoms with Gasteiger partial charge in [0.1, 0.15) is 0 Å². The molecule has 1 aromatic heterocycles.